The van der Waals surface area contributed by atoms with E-state index in [2.05, 4.69) is 185 Å². The summed E-state index contributed by atoms with van der Waals surface area (Å²) >= 11 is 0. The maximum atomic E-state index is 6.86. The third kappa shape index (κ3) is 5.60. The van der Waals surface area contributed by atoms with Gasteiger partial charge in [0.15, 0.2) is 17.2 Å². The van der Waals surface area contributed by atoms with Crippen molar-refractivity contribution in [2.24, 2.45) is 0 Å². The van der Waals surface area contributed by atoms with Crippen LogP contribution in [-0.4, -0.2) is 29.1 Å². The molecule has 4 aromatic heterocycles. The Labute approximate surface area is 360 Å². The molecule has 7 heteroatoms. The normalized spacial score (nSPS) is 11.8. The van der Waals surface area contributed by atoms with Gasteiger partial charge in [0, 0.05) is 38.1 Å². The predicted molar refractivity (Wildman–Crippen MR) is 255 cm³/mol. The highest BCUT2D eigenvalue weighted by atomic mass is 16.4. The van der Waals surface area contributed by atoms with Crippen molar-refractivity contribution in [2.75, 3.05) is 0 Å². The van der Waals surface area contributed by atoms with Crippen LogP contribution in [0, 0.1) is 0 Å². The van der Waals surface area contributed by atoms with Crippen LogP contribution in [0.2, 0.25) is 0 Å². The van der Waals surface area contributed by atoms with Crippen LogP contribution in [0.1, 0.15) is 0 Å². The summed E-state index contributed by atoms with van der Waals surface area (Å²) in [7, 11) is 0. The van der Waals surface area contributed by atoms with Gasteiger partial charge in [-0.1, -0.05) is 176 Å². The van der Waals surface area contributed by atoms with Gasteiger partial charge in [-0.25, -0.2) is 4.98 Å². The molecular formula is C56H34N6O. The fourth-order valence-electron chi connectivity index (χ4n) is 9.31. The number of rotatable bonds is 6. The van der Waals surface area contributed by atoms with Gasteiger partial charge < -0.3 is 4.42 Å². The van der Waals surface area contributed by atoms with Crippen molar-refractivity contribution in [3.8, 4) is 57.0 Å². The first-order valence-electron chi connectivity index (χ1n) is 21.1. The Hall–Kier alpha value is -8.68. The summed E-state index contributed by atoms with van der Waals surface area (Å²) in [6, 6.07) is 72.0. The standard InChI is InChI=1S/C56H34N6O/c1-3-15-35(16-4-1)38-20-13-22-40(33-38)53-58-54(41-23-14-21-39(34-41)36-17-5-2-6-18-36)60-55(59-53)61-48-27-11-9-25-43(48)45-30-31-46-44-26-10-12-28-49(44)62(51(46)50(45)61)56-57-47-32-29-37-19-7-8-24-42(37)52(47)63-56/h1-34H. The van der Waals surface area contributed by atoms with E-state index in [0.717, 1.165) is 98.9 Å². The van der Waals surface area contributed by atoms with Crippen molar-refractivity contribution in [2.45, 2.75) is 0 Å². The lowest BCUT2D eigenvalue weighted by Crippen LogP contribution is -2.07. The average molecular weight is 807 g/mol. The Kier molecular flexibility index (Phi) is 7.77. The topological polar surface area (TPSA) is 74.6 Å². The lowest BCUT2D eigenvalue weighted by Gasteiger charge is -2.13. The van der Waals surface area contributed by atoms with Crippen molar-refractivity contribution < 1.29 is 4.42 Å². The molecule has 0 saturated carbocycles. The minimum Gasteiger partial charge on any atom is -0.422 e. The smallest absolute Gasteiger partial charge is 0.307 e. The molecule has 9 aromatic carbocycles. The highest BCUT2D eigenvalue weighted by molar-refractivity contribution is 6.23. The van der Waals surface area contributed by atoms with Crippen molar-refractivity contribution >= 4 is 65.5 Å². The molecule has 0 aliphatic heterocycles. The third-order valence-corrected chi connectivity index (χ3v) is 12.2. The van der Waals surface area contributed by atoms with Gasteiger partial charge in [0.25, 0.3) is 0 Å². The van der Waals surface area contributed by atoms with Crippen LogP contribution < -0.4 is 0 Å². The molecule has 0 spiro atoms. The van der Waals surface area contributed by atoms with Crippen molar-refractivity contribution in [3.05, 3.63) is 206 Å². The number of benzene rings is 9. The van der Waals surface area contributed by atoms with Crippen molar-refractivity contribution in [1.82, 2.24) is 29.1 Å². The summed E-state index contributed by atoms with van der Waals surface area (Å²) in [6.07, 6.45) is 0. The van der Waals surface area contributed by atoms with E-state index in [4.69, 9.17) is 24.4 Å². The zero-order valence-electron chi connectivity index (χ0n) is 33.7. The van der Waals surface area contributed by atoms with E-state index in [1.165, 1.54) is 0 Å². The first kappa shape index (κ1) is 35.1. The first-order chi connectivity index (χ1) is 31.2. The van der Waals surface area contributed by atoms with Crippen LogP contribution in [-0.2, 0) is 0 Å². The number of aromatic nitrogens is 6. The molecular weight excluding hydrogens is 773 g/mol. The average Bonchev–Trinajstić information content (AvgIpc) is 4.05. The van der Waals surface area contributed by atoms with Gasteiger partial charge >= 0.3 is 6.01 Å². The van der Waals surface area contributed by atoms with Crippen LogP contribution in [0.3, 0.4) is 0 Å². The quantitative estimate of drug-likeness (QED) is 0.167. The summed E-state index contributed by atoms with van der Waals surface area (Å²) in [5.41, 5.74) is 11.6. The molecule has 13 rings (SSSR count). The van der Waals surface area contributed by atoms with Crippen LogP contribution >= 0.6 is 0 Å². The number of nitrogens with zero attached hydrogens (tertiary/aromatic N) is 6. The molecule has 0 saturated heterocycles. The van der Waals surface area contributed by atoms with Gasteiger partial charge in [-0.15, -0.1) is 0 Å². The molecule has 0 aliphatic rings. The third-order valence-electron chi connectivity index (χ3n) is 12.2. The molecule has 0 aliphatic carbocycles. The lowest BCUT2D eigenvalue weighted by atomic mass is 10.0. The highest BCUT2D eigenvalue weighted by Crippen LogP contribution is 2.42. The summed E-state index contributed by atoms with van der Waals surface area (Å²) < 4.78 is 11.2. The molecule has 13 aromatic rings. The SMILES string of the molecule is c1ccc(-c2cccc(-c3nc(-c4cccc(-c5ccccc5)c4)nc(-n4c5ccccc5c5ccc6c7ccccc7n(-c7nc8ccc9ccccc9c8o7)c6c54)n3)c2)cc1. The fourth-order valence-corrected chi connectivity index (χ4v) is 9.31. The molecule has 63 heavy (non-hydrogen) atoms. The van der Waals surface area contributed by atoms with Gasteiger partial charge in [-0.05, 0) is 58.0 Å². The van der Waals surface area contributed by atoms with Gasteiger partial charge in [0.05, 0.1) is 22.1 Å². The number of hydrogen-bond acceptors (Lipinski definition) is 5. The summed E-state index contributed by atoms with van der Waals surface area (Å²) in [5.74, 6) is 1.65. The van der Waals surface area contributed by atoms with Crippen LogP contribution in [0.15, 0.2) is 211 Å². The second-order valence-electron chi connectivity index (χ2n) is 15.9. The number of hydrogen-bond donors (Lipinski definition) is 0. The van der Waals surface area contributed by atoms with Crippen LogP contribution in [0.25, 0.3) is 122 Å². The molecule has 0 amide bonds. The monoisotopic (exact) mass is 806 g/mol. The molecule has 0 bridgehead atoms. The highest BCUT2D eigenvalue weighted by Gasteiger charge is 2.25. The zero-order valence-corrected chi connectivity index (χ0v) is 33.7. The van der Waals surface area contributed by atoms with E-state index < -0.39 is 0 Å². The summed E-state index contributed by atoms with van der Waals surface area (Å²) in [6.45, 7) is 0. The largest absolute Gasteiger partial charge is 0.422 e. The fraction of sp³-hybridized carbons (Fsp3) is 0. The number of fused-ring (bicyclic) bond motifs is 10. The molecule has 0 atom stereocenters. The first-order valence-corrected chi connectivity index (χ1v) is 21.1. The van der Waals surface area contributed by atoms with Crippen LogP contribution in [0.4, 0.5) is 0 Å². The molecule has 7 nitrogen and oxygen atoms in total. The van der Waals surface area contributed by atoms with E-state index in [1.54, 1.807) is 0 Å². The van der Waals surface area contributed by atoms with E-state index in [0.29, 0.717) is 23.6 Å². The molecule has 0 fully saturated rings. The predicted octanol–water partition coefficient (Wildman–Crippen LogP) is 14.0. The van der Waals surface area contributed by atoms with Crippen molar-refractivity contribution in [3.63, 3.8) is 0 Å². The Morgan fingerprint density at radius 2 is 0.825 bits per heavy atom. The molecule has 0 N–H and O–H groups in total. The van der Waals surface area contributed by atoms with Gasteiger partial charge in [0.1, 0.15) is 5.52 Å². The van der Waals surface area contributed by atoms with Gasteiger partial charge in [-0.2, -0.15) is 15.0 Å². The van der Waals surface area contributed by atoms with E-state index in [1.807, 2.05) is 30.3 Å². The Morgan fingerprint density at radius 3 is 1.44 bits per heavy atom. The Bertz CT molecular complexity index is 3820. The maximum Gasteiger partial charge on any atom is 0.307 e. The summed E-state index contributed by atoms with van der Waals surface area (Å²) in [4.78, 5) is 21.3. The second kappa shape index (κ2) is 13.9. The number of oxazole rings is 1. The van der Waals surface area contributed by atoms with Gasteiger partial charge in [0.2, 0.25) is 5.95 Å². The zero-order chi connectivity index (χ0) is 41.4. The minimum absolute atomic E-state index is 0.490. The Balaban J connectivity index is 1.13. The van der Waals surface area contributed by atoms with Gasteiger partial charge in [-0.3, -0.25) is 9.13 Å². The van der Waals surface area contributed by atoms with Crippen molar-refractivity contribution in [1.29, 1.82) is 0 Å². The van der Waals surface area contributed by atoms with E-state index >= 15 is 0 Å². The second-order valence-corrected chi connectivity index (χ2v) is 15.9. The molecule has 0 radical (unpaired) electrons. The Morgan fingerprint density at radius 1 is 0.333 bits per heavy atom. The maximum absolute atomic E-state index is 6.86. The summed E-state index contributed by atoms with van der Waals surface area (Å²) in [5, 5.41) is 6.41. The molecule has 4 heterocycles. The van der Waals surface area contributed by atoms with E-state index in [-0.39, 0.29) is 0 Å². The van der Waals surface area contributed by atoms with Crippen LogP contribution in [0.5, 0.6) is 0 Å². The lowest BCUT2D eigenvalue weighted by molar-refractivity contribution is 0.577. The molecule has 0 unspecified atom stereocenters. The minimum atomic E-state index is 0.490. The van der Waals surface area contributed by atoms with E-state index in [9.17, 15) is 0 Å². The number of para-hydroxylation sites is 2. The molecule has 294 valence electrons.